The molecule has 2 aromatic carbocycles. The first-order valence-electron chi connectivity index (χ1n) is 6.17. The van der Waals surface area contributed by atoms with Gasteiger partial charge in [-0.05, 0) is 31.2 Å². The Labute approximate surface area is 131 Å². The molecule has 0 aliphatic carbocycles. The molecule has 0 radical (unpaired) electrons. The van der Waals surface area contributed by atoms with E-state index in [0.717, 1.165) is 0 Å². The summed E-state index contributed by atoms with van der Waals surface area (Å²) < 4.78 is 32.5. The van der Waals surface area contributed by atoms with E-state index in [2.05, 4.69) is 5.32 Å². The Morgan fingerprint density at radius 3 is 2.33 bits per heavy atom. The zero-order chi connectivity index (χ0) is 15.6. The van der Waals surface area contributed by atoms with Crippen molar-refractivity contribution in [2.75, 3.05) is 12.4 Å². The molecule has 1 unspecified atom stereocenters. The van der Waals surface area contributed by atoms with Gasteiger partial charge in [-0.2, -0.15) is 0 Å². The second kappa shape index (κ2) is 6.50. The fraction of sp³-hybridized carbons (Fsp3) is 0.200. The summed E-state index contributed by atoms with van der Waals surface area (Å²) >= 11 is 11.5. The second-order valence-electron chi connectivity index (χ2n) is 4.48. The summed E-state index contributed by atoms with van der Waals surface area (Å²) in [5.74, 6) is -0.650. The first-order chi connectivity index (χ1) is 9.93. The van der Waals surface area contributed by atoms with Crippen LogP contribution in [0.3, 0.4) is 0 Å². The highest BCUT2D eigenvalue weighted by Gasteiger charge is 2.17. The minimum absolute atomic E-state index is 0.0994. The summed E-state index contributed by atoms with van der Waals surface area (Å²) in [5.41, 5.74) is 0.862. The van der Waals surface area contributed by atoms with Crippen molar-refractivity contribution < 1.29 is 13.5 Å². The van der Waals surface area contributed by atoms with E-state index in [4.69, 9.17) is 27.9 Å². The summed E-state index contributed by atoms with van der Waals surface area (Å²) in [4.78, 5) is 0. The first kappa shape index (κ1) is 15.9. The lowest BCUT2D eigenvalue weighted by atomic mass is 10.1. The van der Waals surface area contributed by atoms with Gasteiger partial charge in [0.05, 0.1) is 28.8 Å². The zero-order valence-electron chi connectivity index (χ0n) is 11.4. The Hall–Kier alpha value is -1.52. The molecule has 0 saturated carbocycles. The number of ether oxygens (including phenoxy) is 1. The van der Waals surface area contributed by atoms with Crippen molar-refractivity contribution in [3.8, 4) is 5.75 Å². The Morgan fingerprint density at radius 1 is 1.14 bits per heavy atom. The quantitative estimate of drug-likeness (QED) is 0.752. The van der Waals surface area contributed by atoms with Gasteiger partial charge in [0.15, 0.2) is 5.82 Å². The second-order valence-corrected chi connectivity index (χ2v) is 5.29. The van der Waals surface area contributed by atoms with Crippen LogP contribution in [0.15, 0.2) is 30.3 Å². The number of nitrogens with one attached hydrogen (secondary N) is 1. The average molecular weight is 332 g/mol. The molecule has 0 fully saturated rings. The molecule has 2 aromatic rings. The van der Waals surface area contributed by atoms with Crippen LogP contribution in [0.4, 0.5) is 14.5 Å². The fourth-order valence-electron chi connectivity index (χ4n) is 2.08. The lowest BCUT2D eigenvalue weighted by Gasteiger charge is -2.19. The molecule has 2 rings (SSSR count). The van der Waals surface area contributed by atoms with Gasteiger partial charge in [-0.15, -0.1) is 0 Å². The van der Waals surface area contributed by atoms with Crippen LogP contribution >= 0.6 is 23.2 Å². The molecule has 0 aliphatic rings. The van der Waals surface area contributed by atoms with Crippen LogP contribution < -0.4 is 10.1 Å². The molecule has 1 N–H and O–H groups in total. The summed E-state index contributed by atoms with van der Waals surface area (Å²) in [6.07, 6.45) is 0. The number of rotatable bonds is 4. The van der Waals surface area contributed by atoms with Crippen LogP contribution in [0.2, 0.25) is 10.0 Å². The first-order valence-corrected chi connectivity index (χ1v) is 6.93. The van der Waals surface area contributed by atoms with Crippen LogP contribution in [0.5, 0.6) is 5.75 Å². The SMILES string of the molecule is COc1cccc(F)c1C(C)Nc1cc(Cl)c(F)c(Cl)c1. The van der Waals surface area contributed by atoms with Crippen molar-refractivity contribution in [2.45, 2.75) is 13.0 Å². The van der Waals surface area contributed by atoms with Gasteiger partial charge in [0.2, 0.25) is 0 Å². The van der Waals surface area contributed by atoms with Crippen LogP contribution in [0.25, 0.3) is 0 Å². The highest BCUT2D eigenvalue weighted by Crippen LogP contribution is 2.33. The van der Waals surface area contributed by atoms with Gasteiger partial charge >= 0.3 is 0 Å². The Balaban J connectivity index is 2.32. The maximum atomic E-state index is 14.0. The third kappa shape index (κ3) is 3.39. The summed E-state index contributed by atoms with van der Waals surface area (Å²) in [6, 6.07) is 6.95. The molecule has 21 heavy (non-hydrogen) atoms. The van der Waals surface area contributed by atoms with E-state index in [1.165, 1.54) is 25.3 Å². The topological polar surface area (TPSA) is 21.3 Å². The average Bonchev–Trinajstić information content (AvgIpc) is 2.44. The molecule has 0 aromatic heterocycles. The van der Waals surface area contributed by atoms with E-state index in [9.17, 15) is 8.78 Å². The predicted octanol–water partition coefficient (Wildman–Crippen LogP) is 5.45. The Bertz CT molecular complexity index is 641. The number of hydrogen-bond acceptors (Lipinski definition) is 2. The van der Waals surface area contributed by atoms with Crippen molar-refractivity contribution in [3.63, 3.8) is 0 Å². The van der Waals surface area contributed by atoms with Gasteiger partial charge in [0.1, 0.15) is 11.6 Å². The molecule has 0 spiro atoms. The van der Waals surface area contributed by atoms with Gasteiger partial charge in [-0.25, -0.2) is 8.78 Å². The van der Waals surface area contributed by atoms with Crippen LogP contribution in [-0.2, 0) is 0 Å². The summed E-state index contributed by atoms with van der Waals surface area (Å²) in [7, 11) is 1.47. The lowest BCUT2D eigenvalue weighted by molar-refractivity contribution is 0.402. The lowest BCUT2D eigenvalue weighted by Crippen LogP contribution is -2.10. The molecule has 0 saturated heterocycles. The van der Waals surface area contributed by atoms with Crippen LogP contribution in [0.1, 0.15) is 18.5 Å². The highest BCUT2D eigenvalue weighted by molar-refractivity contribution is 6.35. The molecule has 6 heteroatoms. The number of methoxy groups -OCH3 is 1. The van der Waals surface area contributed by atoms with Crippen molar-refractivity contribution in [1.82, 2.24) is 0 Å². The maximum absolute atomic E-state index is 14.0. The van der Waals surface area contributed by atoms with Gasteiger partial charge in [-0.1, -0.05) is 29.3 Å². The van der Waals surface area contributed by atoms with Gasteiger partial charge in [0, 0.05) is 5.69 Å². The molecule has 1 atom stereocenters. The molecule has 0 heterocycles. The number of benzene rings is 2. The van der Waals surface area contributed by atoms with Crippen LogP contribution in [-0.4, -0.2) is 7.11 Å². The fourth-order valence-corrected chi connectivity index (χ4v) is 2.56. The summed E-state index contributed by atoms with van der Waals surface area (Å²) in [6.45, 7) is 1.76. The molecule has 2 nitrogen and oxygen atoms in total. The Kier molecular flexibility index (Phi) is 4.91. The Morgan fingerprint density at radius 2 is 1.76 bits per heavy atom. The molecular formula is C15H13Cl2F2NO. The number of hydrogen-bond donors (Lipinski definition) is 1. The van der Waals surface area contributed by atoms with E-state index >= 15 is 0 Å². The van der Waals surface area contributed by atoms with E-state index < -0.39 is 17.7 Å². The number of halogens is 4. The molecule has 0 amide bonds. The van der Waals surface area contributed by atoms with Crippen molar-refractivity contribution in [2.24, 2.45) is 0 Å². The van der Waals surface area contributed by atoms with Gasteiger partial charge in [0.25, 0.3) is 0 Å². The smallest absolute Gasteiger partial charge is 0.160 e. The third-order valence-corrected chi connectivity index (χ3v) is 3.58. The standard InChI is InChI=1S/C15H13Cl2F2NO/c1-8(14-12(18)4-3-5-13(14)21-2)20-9-6-10(16)15(19)11(17)7-9/h3-8,20H,1-2H3. The third-order valence-electron chi connectivity index (χ3n) is 3.03. The highest BCUT2D eigenvalue weighted by atomic mass is 35.5. The summed E-state index contributed by atoms with van der Waals surface area (Å²) in [5, 5.41) is 2.83. The molecule has 112 valence electrons. The maximum Gasteiger partial charge on any atom is 0.160 e. The monoisotopic (exact) mass is 331 g/mol. The molecule has 0 bridgehead atoms. The van der Waals surface area contributed by atoms with E-state index in [1.807, 2.05) is 0 Å². The van der Waals surface area contributed by atoms with Crippen molar-refractivity contribution >= 4 is 28.9 Å². The van der Waals surface area contributed by atoms with E-state index in [-0.39, 0.29) is 10.0 Å². The van der Waals surface area contributed by atoms with Gasteiger partial charge < -0.3 is 10.1 Å². The van der Waals surface area contributed by atoms with Gasteiger partial charge in [-0.3, -0.25) is 0 Å². The van der Waals surface area contributed by atoms with E-state index in [0.29, 0.717) is 17.0 Å². The molecule has 0 aliphatic heterocycles. The minimum Gasteiger partial charge on any atom is -0.496 e. The minimum atomic E-state index is -0.681. The van der Waals surface area contributed by atoms with Crippen LogP contribution in [0, 0.1) is 11.6 Å². The van der Waals surface area contributed by atoms with Crippen molar-refractivity contribution in [3.05, 3.63) is 57.6 Å². The normalized spacial score (nSPS) is 12.1. The zero-order valence-corrected chi connectivity index (χ0v) is 12.9. The predicted molar refractivity (Wildman–Crippen MR) is 81.4 cm³/mol. The van der Waals surface area contributed by atoms with E-state index in [1.54, 1.807) is 19.1 Å². The number of anilines is 1. The van der Waals surface area contributed by atoms with Crippen molar-refractivity contribution in [1.29, 1.82) is 0 Å². The molecular weight excluding hydrogens is 319 g/mol. The largest absolute Gasteiger partial charge is 0.496 e.